The molecular formula is C20H18N2O5S. The number of hydrogen-bond acceptors (Lipinski definition) is 7. The molecule has 1 aromatic heterocycles. The second kappa shape index (κ2) is 9.09. The van der Waals surface area contributed by atoms with Gasteiger partial charge in [-0.15, -0.1) is 11.3 Å². The lowest BCUT2D eigenvalue weighted by atomic mass is 10.0. The quantitative estimate of drug-likeness (QED) is 0.462. The van der Waals surface area contributed by atoms with Crippen molar-refractivity contribution < 1.29 is 23.9 Å². The van der Waals surface area contributed by atoms with Crippen LogP contribution in [0.2, 0.25) is 0 Å². The number of benzene rings is 2. The molecule has 0 fully saturated rings. The highest BCUT2D eigenvalue weighted by molar-refractivity contribution is 7.13. The molecule has 28 heavy (non-hydrogen) atoms. The smallest absolute Gasteiger partial charge is 0.311 e. The molecule has 0 aliphatic heterocycles. The van der Waals surface area contributed by atoms with Gasteiger partial charge in [0.2, 0.25) is 0 Å². The highest BCUT2D eigenvalue weighted by Gasteiger charge is 2.13. The lowest BCUT2D eigenvalue weighted by molar-refractivity contribution is -0.142. The summed E-state index contributed by atoms with van der Waals surface area (Å²) in [6.45, 7) is 1.77. The van der Waals surface area contributed by atoms with Crippen LogP contribution in [-0.4, -0.2) is 36.4 Å². The minimum absolute atomic E-state index is 0.0521. The maximum absolute atomic E-state index is 12.1. The third-order valence-corrected chi connectivity index (χ3v) is 4.64. The number of anilines is 1. The minimum atomic E-state index is -0.415. The lowest BCUT2D eigenvalue weighted by Gasteiger charge is -2.10. The van der Waals surface area contributed by atoms with Crippen molar-refractivity contribution in [3.05, 3.63) is 53.0 Å². The number of hydrogen-bond donors (Lipinski definition) is 1. The van der Waals surface area contributed by atoms with Crippen LogP contribution in [0.1, 0.15) is 23.0 Å². The summed E-state index contributed by atoms with van der Waals surface area (Å²) in [6, 6.07) is 10.9. The summed E-state index contributed by atoms with van der Waals surface area (Å²) in [4.78, 5) is 39.3. The van der Waals surface area contributed by atoms with Crippen molar-refractivity contribution in [1.82, 2.24) is 4.98 Å². The van der Waals surface area contributed by atoms with Gasteiger partial charge >= 0.3 is 5.97 Å². The second-order valence-corrected chi connectivity index (χ2v) is 6.64. The zero-order chi connectivity index (χ0) is 19.9. The first-order chi connectivity index (χ1) is 13.6. The Morgan fingerprint density at radius 2 is 2.04 bits per heavy atom. The third-order valence-electron chi connectivity index (χ3n) is 3.84. The number of carbonyl (C=O) groups excluding carboxylic acids is 3. The monoisotopic (exact) mass is 398 g/mol. The molecule has 3 rings (SSSR count). The Hall–Kier alpha value is -3.26. The number of carbonyl (C=O) groups is 3. The van der Waals surface area contributed by atoms with Gasteiger partial charge in [0.25, 0.3) is 5.91 Å². The van der Waals surface area contributed by atoms with E-state index in [-0.39, 0.29) is 19.0 Å². The predicted octanol–water partition coefficient (Wildman–Crippen LogP) is 3.23. The SMILES string of the molecule is CCOC(=O)Cc1csc(NC(=O)COc2ccc3ccccc3c2C=O)n1. The van der Waals surface area contributed by atoms with Gasteiger partial charge in [-0.3, -0.25) is 19.7 Å². The zero-order valence-electron chi connectivity index (χ0n) is 15.1. The number of nitrogens with zero attached hydrogens (tertiary/aromatic N) is 1. The van der Waals surface area contributed by atoms with Gasteiger partial charge in [-0.25, -0.2) is 4.98 Å². The van der Waals surface area contributed by atoms with Crippen LogP contribution in [0.15, 0.2) is 41.8 Å². The third kappa shape index (κ3) is 4.72. The fourth-order valence-corrected chi connectivity index (χ4v) is 3.35. The van der Waals surface area contributed by atoms with Crippen LogP contribution in [0, 0.1) is 0 Å². The average Bonchev–Trinajstić information content (AvgIpc) is 3.12. The molecule has 2 aromatic carbocycles. The topological polar surface area (TPSA) is 94.6 Å². The highest BCUT2D eigenvalue weighted by Crippen LogP contribution is 2.26. The summed E-state index contributed by atoms with van der Waals surface area (Å²) in [5, 5.41) is 6.34. The number of thiazole rings is 1. The van der Waals surface area contributed by atoms with E-state index in [0.717, 1.165) is 17.1 Å². The van der Waals surface area contributed by atoms with E-state index in [1.54, 1.807) is 18.4 Å². The Labute approximate surface area is 165 Å². The average molecular weight is 398 g/mol. The van der Waals surface area contributed by atoms with Gasteiger partial charge in [0.05, 0.1) is 24.3 Å². The van der Waals surface area contributed by atoms with Crippen LogP contribution in [-0.2, 0) is 20.7 Å². The summed E-state index contributed by atoms with van der Waals surface area (Å²) in [5.74, 6) is -0.445. The van der Waals surface area contributed by atoms with E-state index < -0.39 is 5.91 Å². The summed E-state index contributed by atoms with van der Waals surface area (Å²) in [7, 11) is 0. The molecular weight excluding hydrogens is 380 g/mol. The molecule has 3 aromatic rings. The molecule has 0 aliphatic rings. The molecule has 0 aliphatic carbocycles. The Bertz CT molecular complexity index is 1010. The maximum atomic E-state index is 12.1. The number of aldehydes is 1. The zero-order valence-corrected chi connectivity index (χ0v) is 16.0. The summed E-state index contributed by atoms with van der Waals surface area (Å²) >= 11 is 1.21. The first-order valence-electron chi connectivity index (χ1n) is 8.60. The molecule has 0 radical (unpaired) electrons. The van der Waals surface area contributed by atoms with E-state index in [4.69, 9.17) is 9.47 Å². The molecule has 0 saturated carbocycles. The summed E-state index contributed by atoms with van der Waals surface area (Å²) in [5.41, 5.74) is 0.925. The molecule has 0 bridgehead atoms. The van der Waals surface area contributed by atoms with Crippen LogP contribution in [0.4, 0.5) is 5.13 Å². The molecule has 0 saturated heterocycles. The Kier molecular flexibility index (Phi) is 6.33. The van der Waals surface area contributed by atoms with Gasteiger partial charge in [-0.2, -0.15) is 0 Å². The van der Waals surface area contributed by atoms with Gasteiger partial charge in [0, 0.05) is 5.38 Å². The van der Waals surface area contributed by atoms with Crippen molar-refractivity contribution in [1.29, 1.82) is 0 Å². The molecule has 8 heteroatoms. The normalized spacial score (nSPS) is 10.5. The van der Waals surface area contributed by atoms with E-state index in [1.165, 1.54) is 11.3 Å². The standard InChI is InChI=1S/C20H18N2O5S/c1-2-26-19(25)9-14-12-28-20(21-14)22-18(24)11-27-17-8-7-13-5-3-4-6-15(13)16(17)10-23/h3-8,10,12H,2,9,11H2,1H3,(H,21,22,24). The Morgan fingerprint density at radius 3 is 2.82 bits per heavy atom. The van der Waals surface area contributed by atoms with Crippen molar-refractivity contribution in [2.45, 2.75) is 13.3 Å². The number of ether oxygens (including phenoxy) is 2. The van der Waals surface area contributed by atoms with Crippen LogP contribution < -0.4 is 10.1 Å². The van der Waals surface area contributed by atoms with Crippen LogP contribution in [0.3, 0.4) is 0 Å². The van der Waals surface area contributed by atoms with Gasteiger partial charge in [0.1, 0.15) is 5.75 Å². The van der Waals surface area contributed by atoms with Crippen molar-refractivity contribution in [3.8, 4) is 5.75 Å². The van der Waals surface area contributed by atoms with E-state index in [0.29, 0.717) is 28.7 Å². The number of fused-ring (bicyclic) bond motifs is 1. The number of amides is 1. The predicted molar refractivity (Wildman–Crippen MR) is 106 cm³/mol. The van der Waals surface area contributed by atoms with Crippen LogP contribution in [0.5, 0.6) is 5.75 Å². The van der Waals surface area contributed by atoms with Crippen LogP contribution in [0.25, 0.3) is 10.8 Å². The van der Waals surface area contributed by atoms with Crippen LogP contribution >= 0.6 is 11.3 Å². The Morgan fingerprint density at radius 1 is 1.21 bits per heavy atom. The first-order valence-corrected chi connectivity index (χ1v) is 9.48. The van der Waals surface area contributed by atoms with Crippen molar-refractivity contribution in [3.63, 3.8) is 0 Å². The molecule has 144 valence electrons. The Balaban J connectivity index is 1.60. The first kappa shape index (κ1) is 19.5. The largest absolute Gasteiger partial charge is 0.483 e. The molecule has 0 atom stereocenters. The fraction of sp³-hybridized carbons (Fsp3) is 0.200. The van der Waals surface area contributed by atoms with Crippen molar-refractivity contribution in [2.75, 3.05) is 18.5 Å². The van der Waals surface area contributed by atoms with Crippen molar-refractivity contribution >= 4 is 45.4 Å². The molecule has 1 N–H and O–H groups in total. The lowest BCUT2D eigenvalue weighted by Crippen LogP contribution is -2.20. The molecule has 0 spiro atoms. The number of rotatable bonds is 8. The molecule has 7 nitrogen and oxygen atoms in total. The van der Waals surface area contributed by atoms with Gasteiger partial charge < -0.3 is 9.47 Å². The molecule has 0 unspecified atom stereocenters. The minimum Gasteiger partial charge on any atom is -0.483 e. The number of nitrogens with one attached hydrogen (secondary N) is 1. The molecule has 1 heterocycles. The van der Waals surface area contributed by atoms with E-state index >= 15 is 0 Å². The summed E-state index contributed by atoms with van der Waals surface area (Å²) < 4.78 is 10.4. The van der Waals surface area contributed by atoms with E-state index in [1.807, 2.05) is 30.3 Å². The van der Waals surface area contributed by atoms with Gasteiger partial charge in [-0.05, 0) is 23.8 Å². The fourth-order valence-electron chi connectivity index (χ4n) is 2.63. The van der Waals surface area contributed by atoms with Crippen molar-refractivity contribution in [2.24, 2.45) is 0 Å². The maximum Gasteiger partial charge on any atom is 0.311 e. The van der Waals surface area contributed by atoms with E-state index in [2.05, 4.69) is 10.3 Å². The van der Waals surface area contributed by atoms with Gasteiger partial charge in [0.15, 0.2) is 18.0 Å². The highest BCUT2D eigenvalue weighted by atomic mass is 32.1. The van der Waals surface area contributed by atoms with E-state index in [9.17, 15) is 14.4 Å². The number of aromatic nitrogens is 1. The molecule has 1 amide bonds. The van der Waals surface area contributed by atoms with Gasteiger partial charge in [-0.1, -0.05) is 30.3 Å². The second-order valence-electron chi connectivity index (χ2n) is 5.78. The summed E-state index contributed by atoms with van der Waals surface area (Å²) in [6.07, 6.45) is 0.772. The number of esters is 1.